The third-order valence-corrected chi connectivity index (χ3v) is 2.61. The van der Waals surface area contributed by atoms with Crippen molar-refractivity contribution in [3.63, 3.8) is 0 Å². The van der Waals surface area contributed by atoms with Crippen molar-refractivity contribution < 1.29 is 0 Å². The minimum absolute atomic E-state index is 0.466. The summed E-state index contributed by atoms with van der Waals surface area (Å²) in [7, 11) is 0. The normalized spacial score (nSPS) is 10.9. The number of nitrogens with zero attached hydrogens (tertiary/aromatic N) is 2. The van der Waals surface area contributed by atoms with Gasteiger partial charge in [-0.15, -0.1) is 0 Å². The third kappa shape index (κ3) is 2.94. The van der Waals surface area contributed by atoms with Crippen LogP contribution in [-0.4, -0.2) is 28.1 Å². The second-order valence-corrected chi connectivity index (χ2v) is 4.61. The molecule has 14 heavy (non-hydrogen) atoms. The predicted octanol–water partition coefficient (Wildman–Crippen LogP) is 2.55. The molecule has 1 heterocycles. The van der Waals surface area contributed by atoms with Crippen LogP contribution in [0.2, 0.25) is 0 Å². The van der Waals surface area contributed by atoms with Gasteiger partial charge in [0.15, 0.2) is 0 Å². The molecule has 1 aromatic rings. The van der Waals surface area contributed by atoms with Crippen LogP contribution in [0.1, 0.15) is 25.6 Å². The van der Waals surface area contributed by atoms with E-state index in [9.17, 15) is 0 Å². The Morgan fingerprint density at radius 1 is 1.57 bits per heavy atom. The SMILES string of the molecule is CSCCNc1nc(C)cn1C(C)C. The van der Waals surface area contributed by atoms with Gasteiger partial charge in [0.25, 0.3) is 0 Å². The molecule has 1 rings (SSSR count). The first-order valence-electron chi connectivity index (χ1n) is 4.93. The quantitative estimate of drug-likeness (QED) is 0.762. The minimum atomic E-state index is 0.466. The van der Waals surface area contributed by atoms with Gasteiger partial charge in [-0.1, -0.05) is 0 Å². The molecule has 0 aromatic carbocycles. The zero-order chi connectivity index (χ0) is 10.6. The smallest absolute Gasteiger partial charge is 0.203 e. The highest BCUT2D eigenvalue weighted by molar-refractivity contribution is 7.98. The summed E-state index contributed by atoms with van der Waals surface area (Å²) in [4.78, 5) is 4.45. The molecular formula is C10H19N3S. The van der Waals surface area contributed by atoms with Crippen LogP contribution in [0.25, 0.3) is 0 Å². The van der Waals surface area contributed by atoms with E-state index in [4.69, 9.17) is 0 Å². The Kier molecular flexibility index (Phi) is 4.32. The molecular weight excluding hydrogens is 194 g/mol. The summed E-state index contributed by atoms with van der Waals surface area (Å²) in [6.07, 6.45) is 4.20. The van der Waals surface area contributed by atoms with E-state index in [0.29, 0.717) is 6.04 Å². The molecule has 0 aliphatic heterocycles. The molecule has 0 atom stereocenters. The van der Waals surface area contributed by atoms with Gasteiger partial charge < -0.3 is 9.88 Å². The van der Waals surface area contributed by atoms with Crippen LogP contribution >= 0.6 is 11.8 Å². The number of rotatable bonds is 5. The van der Waals surface area contributed by atoms with Crippen molar-refractivity contribution >= 4 is 17.7 Å². The lowest BCUT2D eigenvalue weighted by molar-refractivity contribution is 0.605. The first-order valence-corrected chi connectivity index (χ1v) is 6.32. The zero-order valence-corrected chi connectivity index (χ0v) is 10.2. The van der Waals surface area contributed by atoms with Gasteiger partial charge in [-0.05, 0) is 27.0 Å². The van der Waals surface area contributed by atoms with Gasteiger partial charge in [-0.2, -0.15) is 11.8 Å². The maximum atomic E-state index is 4.45. The van der Waals surface area contributed by atoms with Gasteiger partial charge >= 0.3 is 0 Å². The molecule has 0 aliphatic carbocycles. The molecule has 0 unspecified atom stereocenters. The maximum Gasteiger partial charge on any atom is 0.203 e. The molecule has 0 bridgehead atoms. The van der Waals surface area contributed by atoms with E-state index in [1.54, 1.807) is 0 Å². The summed E-state index contributed by atoms with van der Waals surface area (Å²) < 4.78 is 2.18. The summed E-state index contributed by atoms with van der Waals surface area (Å²) in [5.74, 6) is 2.11. The van der Waals surface area contributed by atoms with Crippen molar-refractivity contribution in [3.8, 4) is 0 Å². The Morgan fingerprint density at radius 3 is 2.86 bits per heavy atom. The number of aryl methyl sites for hydroxylation is 1. The number of aromatic nitrogens is 2. The van der Waals surface area contributed by atoms with Crippen molar-refractivity contribution in [2.75, 3.05) is 23.9 Å². The second-order valence-electron chi connectivity index (χ2n) is 3.63. The number of thioether (sulfide) groups is 1. The molecule has 0 spiro atoms. The summed E-state index contributed by atoms with van der Waals surface area (Å²) in [6, 6.07) is 0.466. The first kappa shape index (κ1) is 11.4. The average molecular weight is 213 g/mol. The highest BCUT2D eigenvalue weighted by Gasteiger charge is 2.06. The van der Waals surface area contributed by atoms with Crippen molar-refractivity contribution in [3.05, 3.63) is 11.9 Å². The lowest BCUT2D eigenvalue weighted by Gasteiger charge is -2.12. The van der Waals surface area contributed by atoms with Gasteiger partial charge in [-0.25, -0.2) is 4.98 Å². The standard InChI is InChI=1S/C10H19N3S/c1-8(2)13-7-9(3)12-10(13)11-5-6-14-4/h7-8H,5-6H2,1-4H3,(H,11,12). The summed E-state index contributed by atoms with van der Waals surface area (Å²) in [6.45, 7) is 7.34. The second kappa shape index (κ2) is 5.29. The molecule has 0 radical (unpaired) electrons. The van der Waals surface area contributed by atoms with E-state index in [-0.39, 0.29) is 0 Å². The van der Waals surface area contributed by atoms with Crippen LogP contribution in [-0.2, 0) is 0 Å². The summed E-state index contributed by atoms with van der Waals surface area (Å²) in [5.41, 5.74) is 1.07. The minimum Gasteiger partial charge on any atom is -0.355 e. The third-order valence-electron chi connectivity index (χ3n) is 2.00. The predicted molar refractivity (Wildman–Crippen MR) is 64.2 cm³/mol. The average Bonchev–Trinajstić information content (AvgIpc) is 2.47. The van der Waals surface area contributed by atoms with Crippen LogP contribution < -0.4 is 5.32 Å². The Hall–Kier alpha value is -0.640. The van der Waals surface area contributed by atoms with Crippen LogP contribution in [0.3, 0.4) is 0 Å². The van der Waals surface area contributed by atoms with E-state index in [1.165, 1.54) is 0 Å². The van der Waals surface area contributed by atoms with E-state index < -0.39 is 0 Å². The first-order chi connectivity index (χ1) is 6.65. The Balaban J connectivity index is 2.64. The number of nitrogens with one attached hydrogen (secondary N) is 1. The fourth-order valence-corrected chi connectivity index (χ4v) is 1.61. The van der Waals surface area contributed by atoms with Crippen molar-refractivity contribution in [2.24, 2.45) is 0 Å². The van der Waals surface area contributed by atoms with Crippen LogP contribution in [0, 0.1) is 6.92 Å². The van der Waals surface area contributed by atoms with Gasteiger partial charge in [0.05, 0.1) is 5.69 Å². The van der Waals surface area contributed by atoms with Crippen molar-refractivity contribution in [1.82, 2.24) is 9.55 Å². The molecule has 1 N–H and O–H groups in total. The number of hydrogen-bond donors (Lipinski definition) is 1. The molecule has 0 saturated heterocycles. The lowest BCUT2D eigenvalue weighted by atomic mass is 10.4. The number of hydrogen-bond acceptors (Lipinski definition) is 3. The van der Waals surface area contributed by atoms with Crippen LogP contribution in [0.4, 0.5) is 5.95 Å². The zero-order valence-electron chi connectivity index (χ0n) is 9.37. The van der Waals surface area contributed by atoms with Gasteiger partial charge in [0, 0.05) is 24.5 Å². The molecule has 0 saturated carbocycles. The van der Waals surface area contributed by atoms with Crippen molar-refractivity contribution in [2.45, 2.75) is 26.8 Å². The van der Waals surface area contributed by atoms with E-state index in [0.717, 1.165) is 23.9 Å². The largest absolute Gasteiger partial charge is 0.355 e. The molecule has 3 nitrogen and oxygen atoms in total. The molecule has 80 valence electrons. The topological polar surface area (TPSA) is 29.9 Å². The summed E-state index contributed by atoms with van der Waals surface area (Å²) >= 11 is 1.84. The molecule has 0 amide bonds. The van der Waals surface area contributed by atoms with E-state index in [1.807, 2.05) is 18.7 Å². The Labute approximate surface area is 90.3 Å². The molecule has 1 aromatic heterocycles. The Bertz CT molecular complexity index is 281. The van der Waals surface area contributed by atoms with Crippen molar-refractivity contribution in [1.29, 1.82) is 0 Å². The monoisotopic (exact) mass is 213 g/mol. The maximum absolute atomic E-state index is 4.45. The van der Waals surface area contributed by atoms with Crippen LogP contribution in [0.15, 0.2) is 6.20 Å². The fraction of sp³-hybridized carbons (Fsp3) is 0.700. The molecule has 0 aliphatic rings. The lowest BCUT2D eigenvalue weighted by Crippen LogP contribution is -2.11. The van der Waals surface area contributed by atoms with Crippen LogP contribution in [0.5, 0.6) is 0 Å². The molecule has 0 fully saturated rings. The van der Waals surface area contributed by atoms with Gasteiger partial charge in [0.1, 0.15) is 0 Å². The van der Waals surface area contributed by atoms with Gasteiger partial charge in [0.2, 0.25) is 5.95 Å². The number of anilines is 1. The van der Waals surface area contributed by atoms with E-state index in [2.05, 4.69) is 41.2 Å². The van der Waals surface area contributed by atoms with Gasteiger partial charge in [-0.3, -0.25) is 0 Å². The highest BCUT2D eigenvalue weighted by atomic mass is 32.2. The number of imidazole rings is 1. The highest BCUT2D eigenvalue weighted by Crippen LogP contribution is 2.14. The fourth-order valence-electron chi connectivity index (χ4n) is 1.31. The summed E-state index contributed by atoms with van der Waals surface area (Å²) in [5, 5.41) is 3.35. The van der Waals surface area contributed by atoms with E-state index >= 15 is 0 Å². The molecule has 4 heteroatoms. The Morgan fingerprint density at radius 2 is 2.29 bits per heavy atom.